The molecule has 0 unspecified atom stereocenters. The number of halogens is 1. The van der Waals surface area contributed by atoms with Crippen LogP contribution < -0.4 is 10.1 Å². The zero-order valence-corrected chi connectivity index (χ0v) is 13.6. The van der Waals surface area contributed by atoms with Crippen LogP contribution in [-0.4, -0.2) is 42.7 Å². The van der Waals surface area contributed by atoms with E-state index in [0.717, 1.165) is 22.2 Å². The van der Waals surface area contributed by atoms with E-state index in [9.17, 15) is 9.59 Å². The van der Waals surface area contributed by atoms with Crippen molar-refractivity contribution in [2.75, 3.05) is 13.7 Å². The zero-order chi connectivity index (χ0) is 15.5. The second kappa shape index (κ2) is 4.70. The van der Waals surface area contributed by atoms with Gasteiger partial charge >= 0.3 is 6.03 Å². The van der Waals surface area contributed by atoms with Gasteiger partial charge in [-0.1, -0.05) is 15.9 Å². The number of imide groups is 1. The van der Waals surface area contributed by atoms with Crippen LogP contribution in [0, 0.1) is 0 Å². The summed E-state index contributed by atoms with van der Waals surface area (Å²) in [5.74, 6) is 0.330. The molecular weight excluding hydrogens is 352 g/mol. The molecule has 3 aliphatic heterocycles. The Balaban J connectivity index is 1.95. The summed E-state index contributed by atoms with van der Waals surface area (Å²) in [6, 6.07) is 5.09. The summed E-state index contributed by atoms with van der Waals surface area (Å²) in [6.07, 6.45) is 0.929. The third kappa shape index (κ3) is 1.69. The number of benzene rings is 1. The molecule has 0 bridgehead atoms. The number of likely N-dealkylation sites (N-methyl/N-ethyl adjacent to an activating group) is 1. The maximum atomic E-state index is 12.9. The lowest BCUT2D eigenvalue weighted by molar-refractivity contribution is -0.153. The lowest BCUT2D eigenvalue weighted by atomic mass is 9.77. The van der Waals surface area contributed by atoms with Crippen molar-refractivity contribution in [2.45, 2.75) is 30.6 Å². The second-order valence-corrected chi connectivity index (χ2v) is 6.75. The summed E-state index contributed by atoms with van der Waals surface area (Å²) in [4.78, 5) is 26.1. The van der Waals surface area contributed by atoms with Crippen LogP contribution in [0.15, 0.2) is 22.7 Å². The van der Waals surface area contributed by atoms with Gasteiger partial charge in [-0.05, 0) is 31.0 Å². The molecule has 0 aromatic heterocycles. The van der Waals surface area contributed by atoms with Crippen LogP contribution in [0.1, 0.15) is 18.4 Å². The van der Waals surface area contributed by atoms with Gasteiger partial charge in [0.2, 0.25) is 0 Å². The van der Waals surface area contributed by atoms with Crippen LogP contribution in [-0.2, 0) is 15.1 Å². The van der Waals surface area contributed by atoms with Gasteiger partial charge in [-0.3, -0.25) is 9.69 Å². The smallest absolute Gasteiger partial charge is 0.325 e. The number of carbonyl (C=O) groups is 2. The van der Waals surface area contributed by atoms with Crippen molar-refractivity contribution < 1.29 is 19.1 Å². The van der Waals surface area contributed by atoms with Gasteiger partial charge in [0.25, 0.3) is 5.91 Å². The molecule has 2 fully saturated rings. The molecule has 1 spiro atoms. The van der Waals surface area contributed by atoms with Crippen LogP contribution in [0.3, 0.4) is 0 Å². The highest BCUT2D eigenvalue weighted by Crippen LogP contribution is 2.47. The largest absolute Gasteiger partial charge is 0.487 e. The maximum Gasteiger partial charge on any atom is 0.325 e. The van der Waals surface area contributed by atoms with E-state index in [-0.39, 0.29) is 12.0 Å². The highest BCUT2D eigenvalue weighted by molar-refractivity contribution is 9.10. The standard InChI is InChI=1S/C15H15BrN2O4/c1-18-13(19)15(17-14(18)20)9-7-8(16)4-5-10(9)22-11-3-2-6-21-12(11)15/h4-5,7,11-12H,2-3,6H2,1H3,(H,17,20)/t11-,12+,15-/m0/s1. The predicted octanol–water partition coefficient (Wildman–Crippen LogP) is 1.77. The first-order chi connectivity index (χ1) is 10.5. The van der Waals surface area contributed by atoms with Gasteiger partial charge in [0.15, 0.2) is 5.54 Å². The van der Waals surface area contributed by atoms with Crippen molar-refractivity contribution in [1.82, 2.24) is 10.2 Å². The Morgan fingerprint density at radius 3 is 2.95 bits per heavy atom. The Bertz CT molecular complexity index is 680. The molecule has 0 saturated carbocycles. The number of ether oxygens (including phenoxy) is 2. The van der Waals surface area contributed by atoms with Gasteiger partial charge in [-0.2, -0.15) is 0 Å². The minimum atomic E-state index is -1.20. The van der Waals surface area contributed by atoms with E-state index < -0.39 is 17.7 Å². The first-order valence-electron chi connectivity index (χ1n) is 7.22. The highest BCUT2D eigenvalue weighted by atomic mass is 79.9. The third-order valence-electron chi connectivity index (χ3n) is 4.59. The van der Waals surface area contributed by atoms with Crippen molar-refractivity contribution in [2.24, 2.45) is 0 Å². The zero-order valence-electron chi connectivity index (χ0n) is 12.0. The number of rotatable bonds is 0. The Morgan fingerprint density at radius 2 is 2.23 bits per heavy atom. The molecule has 7 heteroatoms. The van der Waals surface area contributed by atoms with Gasteiger partial charge in [0.1, 0.15) is 18.0 Å². The number of nitrogens with one attached hydrogen (secondary N) is 1. The summed E-state index contributed by atoms with van der Waals surface area (Å²) in [5, 5.41) is 2.86. The minimum Gasteiger partial charge on any atom is -0.487 e. The van der Waals surface area contributed by atoms with Crippen molar-refractivity contribution in [3.63, 3.8) is 0 Å². The van der Waals surface area contributed by atoms with Crippen molar-refractivity contribution >= 4 is 27.9 Å². The predicted molar refractivity (Wildman–Crippen MR) is 80.5 cm³/mol. The van der Waals surface area contributed by atoms with Crippen LogP contribution in [0.2, 0.25) is 0 Å². The number of urea groups is 1. The van der Waals surface area contributed by atoms with Gasteiger partial charge < -0.3 is 14.8 Å². The molecule has 3 atom stereocenters. The number of carbonyl (C=O) groups excluding carboxylic acids is 2. The van der Waals surface area contributed by atoms with Crippen molar-refractivity contribution in [3.8, 4) is 5.75 Å². The number of amides is 3. The molecule has 1 aromatic rings. The molecule has 3 heterocycles. The van der Waals surface area contributed by atoms with E-state index in [1.807, 2.05) is 18.2 Å². The van der Waals surface area contributed by atoms with Gasteiger partial charge in [-0.25, -0.2) is 4.79 Å². The molecule has 1 N–H and O–H groups in total. The molecule has 116 valence electrons. The SMILES string of the molecule is CN1C(=O)N[C@@]2(C1=O)c1cc(Br)ccc1O[C@H]1CCCO[C@H]12. The lowest BCUT2D eigenvalue weighted by Gasteiger charge is -2.46. The highest BCUT2D eigenvalue weighted by Gasteiger charge is 2.63. The number of nitrogens with zero attached hydrogens (tertiary/aromatic N) is 1. The Morgan fingerprint density at radius 1 is 1.41 bits per heavy atom. The van der Waals surface area contributed by atoms with Gasteiger partial charge in [0.05, 0.1) is 0 Å². The fourth-order valence-corrected chi connectivity index (χ4v) is 3.91. The monoisotopic (exact) mass is 366 g/mol. The Hall–Kier alpha value is -1.60. The van der Waals surface area contributed by atoms with Crippen molar-refractivity contribution in [1.29, 1.82) is 0 Å². The summed E-state index contributed by atoms with van der Waals surface area (Å²) in [7, 11) is 1.48. The minimum absolute atomic E-state index is 0.238. The average molecular weight is 367 g/mol. The fraction of sp³-hybridized carbons (Fsp3) is 0.467. The van der Waals surface area contributed by atoms with Crippen LogP contribution >= 0.6 is 15.9 Å². The topological polar surface area (TPSA) is 67.9 Å². The molecular formula is C15H15BrN2O4. The summed E-state index contributed by atoms with van der Waals surface area (Å²) >= 11 is 3.43. The van der Waals surface area contributed by atoms with Crippen molar-refractivity contribution in [3.05, 3.63) is 28.2 Å². The number of hydrogen-bond acceptors (Lipinski definition) is 4. The molecule has 0 radical (unpaired) electrons. The molecule has 6 nitrogen and oxygen atoms in total. The van der Waals surface area contributed by atoms with E-state index in [2.05, 4.69) is 21.2 Å². The summed E-state index contributed by atoms with van der Waals surface area (Å²) in [6.45, 7) is 0.558. The number of fused-ring (bicyclic) bond motifs is 4. The maximum absolute atomic E-state index is 12.9. The molecule has 4 rings (SSSR count). The molecule has 3 amide bonds. The first kappa shape index (κ1) is 14.0. The van der Waals surface area contributed by atoms with E-state index in [1.165, 1.54) is 7.05 Å². The van der Waals surface area contributed by atoms with E-state index >= 15 is 0 Å². The van der Waals surface area contributed by atoms with Crippen LogP contribution in [0.5, 0.6) is 5.75 Å². The molecule has 3 aliphatic rings. The summed E-state index contributed by atoms with van der Waals surface area (Å²) in [5.41, 5.74) is -0.554. The van der Waals surface area contributed by atoms with Gasteiger partial charge in [0, 0.05) is 23.7 Å². The Kier molecular flexibility index (Phi) is 2.99. The lowest BCUT2D eigenvalue weighted by Crippen LogP contribution is -2.63. The fourth-order valence-electron chi connectivity index (χ4n) is 3.55. The van der Waals surface area contributed by atoms with Gasteiger partial charge in [-0.15, -0.1) is 0 Å². The molecule has 2 saturated heterocycles. The summed E-state index contributed by atoms with van der Waals surface area (Å²) < 4.78 is 12.7. The quantitative estimate of drug-likeness (QED) is 0.710. The Labute approximate surface area is 135 Å². The molecule has 1 aromatic carbocycles. The second-order valence-electron chi connectivity index (χ2n) is 5.83. The third-order valence-corrected chi connectivity index (χ3v) is 5.08. The van der Waals surface area contributed by atoms with E-state index in [0.29, 0.717) is 17.9 Å². The normalized spacial score (nSPS) is 33.3. The van der Waals surface area contributed by atoms with Crippen LogP contribution in [0.25, 0.3) is 0 Å². The van der Waals surface area contributed by atoms with E-state index in [4.69, 9.17) is 9.47 Å². The van der Waals surface area contributed by atoms with Crippen LogP contribution in [0.4, 0.5) is 4.79 Å². The first-order valence-corrected chi connectivity index (χ1v) is 8.02. The number of hydrogen-bond donors (Lipinski definition) is 1. The van der Waals surface area contributed by atoms with E-state index in [1.54, 1.807) is 0 Å². The average Bonchev–Trinajstić information content (AvgIpc) is 2.74. The molecule has 22 heavy (non-hydrogen) atoms. The molecule has 0 aliphatic carbocycles.